The molecule has 0 aliphatic carbocycles. The fraction of sp³-hybridized carbons (Fsp3) is 0.364. The molecular weight excluding hydrogens is 409 g/mol. The van der Waals surface area contributed by atoms with Gasteiger partial charge in [0, 0.05) is 42.0 Å². The van der Waals surface area contributed by atoms with Gasteiger partial charge in [-0.15, -0.1) is 5.10 Å². The van der Waals surface area contributed by atoms with Gasteiger partial charge in [0.05, 0.1) is 18.4 Å². The number of ether oxygens (including phenoxy) is 1. The smallest absolute Gasteiger partial charge is 0.416 e. The Bertz CT molecular complexity index is 987. The molecule has 3 aromatic rings. The van der Waals surface area contributed by atoms with Crippen molar-refractivity contribution in [2.24, 2.45) is 0 Å². The summed E-state index contributed by atoms with van der Waals surface area (Å²) in [5.74, 6) is 0.473. The average Bonchev–Trinajstić information content (AvgIpc) is 3.15. The van der Waals surface area contributed by atoms with Crippen LogP contribution < -0.4 is 10.1 Å². The molecule has 3 rings (SSSR count). The molecule has 31 heavy (non-hydrogen) atoms. The van der Waals surface area contributed by atoms with E-state index in [0.29, 0.717) is 18.7 Å². The number of anilines is 2. The molecule has 0 saturated carbocycles. The maximum Gasteiger partial charge on any atom is 0.416 e. The lowest BCUT2D eigenvalue weighted by Crippen LogP contribution is -2.06. The third-order valence-electron chi connectivity index (χ3n) is 4.24. The minimum Gasteiger partial charge on any atom is -0.497 e. The van der Waals surface area contributed by atoms with Crippen LogP contribution in [0.4, 0.5) is 24.7 Å². The summed E-state index contributed by atoms with van der Waals surface area (Å²) in [4.78, 5) is 4.17. The quantitative estimate of drug-likeness (QED) is 0.526. The number of aliphatic hydroxyl groups is 1. The molecule has 0 aliphatic heterocycles. The van der Waals surface area contributed by atoms with E-state index in [1.54, 1.807) is 23.0 Å². The number of alkyl halides is 3. The lowest BCUT2D eigenvalue weighted by Gasteiger charge is -2.12. The van der Waals surface area contributed by atoms with Gasteiger partial charge in [0.1, 0.15) is 5.75 Å². The Labute approximate surface area is 179 Å². The predicted molar refractivity (Wildman–Crippen MR) is 114 cm³/mol. The number of nitrogens with one attached hydrogen (secondary N) is 1. The molecule has 9 heteroatoms. The molecule has 0 amide bonds. The summed E-state index contributed by atoms with van der Waals surface area (Å²) in [5, 5.41) is 16.6. The Hall–Kier alpha value is -3.07. The van der Waals surface area contributed by atoms with Crippen molar-refractivity contribution in [3.8, 4) is 11.4 Å². The molecule has 1 aromatic carbocycles. The molecular formula is C22H27F3N4O2. The van der Waals surface area contributed by atoms with E-state index in [1.807, 2.05) is 26.8 Å². The van der Waals surface area contributed by atoms with Crippen molar-refractivity contribution < 1.29 is 23.0 Å². The Morgan fingerprint density at radius 1 is 1.13 bits per heavy atom. The van der Waals surface area contributed by atoms with Crippen LogP contribution in [0.15, 0.2) is 42.6 Å². The highest BCUT2D eigenvalue weighted by Crippen LogP contribution is 2.35. The summed E-state index contributed by atoms with van der Waals surface area (Å²) in [6.45, 7) is 5.88. The van der Waals surface area contributed by atoms with Crippen LogP contribution in [-0.2, 0) is 12.6 Å². The van der Waals surface area contributed by atoms with Crippen LogP contribution in [0.3, 0.4) is 0 Å². The van der Waals surface area contributed by atoms with Crippen LogP contribution in [0.2, 0.25) is 0 Å². The Morgan fingerprint density at radius 2 is 1.87 bits per heavy atom. The maximum absolute atomic E-state index is 13.2. The van der Waals surface area contributed by atoms with Gasteiger partial charge < -0.3 is 15.2 Å². The number of aromatic nitrogens is 3. The second-order valence-electron chi connectivity index (χ2n) is 6.49. The standard InChI is InChI=1S/C20H21F3N4O2.C2H6/c1-13-8-17(5-6-24-13)27-16(4-3-7-28)12-19(26-27)25-15-9-14(20(21,22)23)10-18(11-15)29-2;1-2/h5-6,8-12,28H,3-4,7H2,1-2H3,(H,25,26);1-2H3. The third kappa shape index (κ3) is 6.45. The van der Waals surface area contributed by atoms with Crippen molar-refractivity contribution in [1.29, 1.82) is 0 Å². The summed E-state index contributed by atoms with van der Waals surface area (Å²) < 4.78 is 46.2. The van der Waals surface area contributed by atoms with E-state index >= 15 is 0 Å². The molecule has 2 N–H and O–H groups in total. The SMILES string of the molecule is CC.COc1cc(Nc2cc(CCCO)n(-c3ccnc(C)c3)n2)cc(C(F)(F)F)c1. The summed E-state index contributed by atoms with van der Waals surface area (Å²) in [5.41, 5.74) is 1.79. The van der Waals surface area contributed by atoms with E-state index in [4.69, 9.17) is 9.84 Å². The fourth-order valence-electron chi connectivity index (χ4n) is 2.91. The maximum atomic E-state index is 13.2. The third-order valence-corrected chi connectivity index (χ3v) is 4.24. The highest BCUT2D eigenvalue weighted by atomic mass is 19.4. The number of hydrogen-bond donors (Lipinski definition) is 2. The normalized spacial score (nSPS) is 11.0. The zero-order chi connectivity index (χ0) is 23.0. The van der Waals surface area contributed by atoms with Crippen LogP contribution in [0, 0.1) is 6.92 Å². The number of benzene rings is 1. The van der Waals surface area contributed by atoms with Crippen molar-refractivity contribution in [2.75, 3.05) is 19.0 Å². The van der Waals surface area contributed by atoms with Crippen LogP contribution in [0.25, 0.3) is 5.69 Å². The first-order valence-electron chi connectivity index (χ1n) is 9.96. The minimum absolute atomic E-state index is 0.0220. The minimum atomic E-state index is -4.49. The van der Waals surface area contributed by atoms with Crippen molar-refractivity contribution in [3.63, 3.8) is 0 Å². The summed E-state index contributed by atoms with van der Waals surface area (Å²) in [6, 6.07) is 8.81. The number of nitrogens with zero attached hydrogens (tertiary/aromatic N) is 3. The van der Waals surface area contributed by atoms with Gasteiger partial charge in [-0.1, -0.05) is 13.8 Å². The van der Waals surface area contributed by atoms with E-state index in [1.165, 1.54) is 13.2 Å². The topological polar surface area (TPSA) is 72.2 Å². The molecule has 2 heterocycles. The predicted octanol–water partition coefficient (Wildman–Crippen LogP) is 5.30. The van der Waals surface area contributed by atoms with E-state index in [-0.39, 0.29) is 18.0 Å². The lowest BCUT2D eigenvalue weighted by molar-refractivity contribution is -0.137. The molecule has 0 bridgehead atoms. The first-order chi connectivity index (χ1) is 14.8. The number of hydrogen-bond acceptors (Lipinski definition) is 5. The second-order valence-corrected chi connectivity index (χ2v) is 6.49. The molecule has 0 spiro atoms. The Balaban J connectivity index is 0.00000166. The van der Waals surface area contributed by atoms with Gasteiger partial charge in [-0.2, -0.15) is 13.2 Å². The molecule has 0 saturated heterocycles. The van der Waals surface area contributed by atoms with Gasteiger partial charge in [-0.25, -0.2) is 4.68 Å². The van der Waals surface area contributed by atoms with Gasteiger partial charge in [0.25, 0.3) is 0 Å². The molecule has 168 valence electrons. The second kappa shape index (κ2) is 10.8. The first kappa shape index (κ1) is 24.2. The number of aliphatic hydroxyl groups excluding tert-OH is 1. The van der Waals surface area contributed by atoms with Gasteiger partial charge in [-0.05, 0) is 44.0 Å². The van der Waals surface area contributed by atoms with Crippen molar-refractivity contribution in [3.05, 3.63) is 59.5 Å². The van der Waals surface area contributed by atoms with Crippen molar-refractivity contribution in [2.45, 2.75) is 39.8 Å². The van der Waals surface area contributed by atoms with E-state index in [2.05, 4.69) is 15.4 Å². The Kier molecular flexibility index (Phi) is 8.44. The largest absolute Gasteiger partial charge is 0.497 e. The van der Waals surface area contributed by atoms with Crippen molar-refractivity contribution in [1.82, 2.24) is 14.8 Å². The van der Waals surface area contributed by atoms with E-state index in [9.17, 15) is 13.2 Å². The number of rotatable bonds is 7. The van der Waals surface area contributed by atoms with Crippen LogP contribution in [0.1, 0.15) is 37.2 Å². The van der Waals surface area contributed by atoms with Gasteiger partial charge in [-0.3, -0.25) is 4.98 Å². The highest BCUT2D eigenvalue weighted by molar-refractivity contribution is 5.61. The summed E-state index contributed by atoms with van der Waals surface area (Å²) in [7, 11) is 1.31. The molecule has 0 atom stereocenters. The number of halogens is 3. The molecule has 0 radical (unpaired) electrons. The molecule has 6 nitrogen and oxygen atoms in total. The monoisotopic (exact) mass is 436 g/mol. The van der Waals surface area contributed by atoms with Crippen molar-refractivity contribution >= 4 is 11.5 Å². The first-order valence-corrected chi connectivity index (χ1v) is 9.96. The molecule has 0 aliphatic rings. The van der Waals surface area contributed by atoms with Gasteiger partial charge >= 0.3 is 6.18 Å². The van der Waals surface area contributed by atoms with Crippen LogP contribution in [0.5, 0.6) is 5.75 Å². The average molecular weight is 436 g/mol. The summed E-state index contributed by atoms with van der Waals surface area (Å²) in [6.07, 6.45) is -1.75. The van der Waals surface area contributed by atoms with Crippen LogP contribution in [-0.4, -0.2) is 33.6 Å². The van der Waals surface area contributed by atoms with Gasteiger partial charge in [0.15, 0.2) is 5.82 Å². The van der Waals surface area contributed by atoms with E-state index in [0.717, 1.165) is 29.2 Å². The van der Waals surface area contributed by atoms with Crippen LogP contribution >= 0.6 is 0 Å². The fourth-order valence-corrected chi connectivity index (χ4v) is 2.91. The lowest BCUT2D eigenvalue weighted by atomic mass is 10.1. The summed E-state index contributed by atoms with van der Waals surface area (Å²) >= 11 is 0. The number of methoxy groups -OCH3 is 1. The Morgan fingerprint density at radius 3 is 2.48 bits per heavy atom. The molecule has 0 fully saturated rings. The highest BCUT2D eigenvalue weighted by Gasteiger charge is 2.31. The zero-order valence-electron chi connectivity index (χ0n) is 18.0. The number of pyridine rings is 1. The van der Waals surface area contributed by atoms with E-state index < -0.39 is 11.7 Å². The number of aryl methyl sites for hydroxylation is 2. The molecule has 0 unspecified atom stereocenters. The molecule has 2 aromatic heterocycles. The van der Waals surface area contributed by atoms with Gasteiger partial charge in [0.2, 0.25) is 0 Å². The zero-order valence-corrected chi connectivity index (χ0v) is 18.0.